The summed E-state index contributed by atoms with van der Waals surface area (Å²) in [6.07, 6.45) is 17.5. The number of nitrogen functional groups attached to an aromatic ring is 2. The third kappa shape index (κ3) is 5.76. The first-order chi connectivity index (χ1) is 13.5. The van der Waals surface area contributed by atoms with Gasteiger partial charge in [-0.1, -0.05) is 38.5 Å². The van der Waals surface area contributed by atoms with Gasteiger partial charge in [-0.2, -0.15) is 10.2 Å². The number of nitrogens with two attached hydrogens (primary N) is 2. The summed E-state index contributed by atoms with van der Waals surface area (Å²) in [5, 5.41) is 8.70. The van der Waals surface area contributed by atoms with Crippen molar-refractivity contribution in [1.29, 1.82) is 0 Å². The van der Waals surface area contributed by atoms with Crippen LogP contribution in [-0.2, 0) is 13.1 Å². The third-order valence-electron chi connectivity index (χ3n) is 6.45. The Morgan fingerprint density at radius 1 is 0.857 bits per heavy atom. The average molecular weight is 387 g/mol. The number of nitrogens with zero attached hydrogens (tertiary/aromatic N) is 4. The van der Waals surface area contributed by atoms with Crippen LogP contribution in [-0.4, -0.2) is 19.6 Å². The van der Waals surface area contributed by atoms with Gasteiger partial charge in [0.1, 0.15) is 0 Å². The summed E-state index contributed by atoms with van der Waals surface area (Å²) in [4.78, 5) is 0. The van der Waals surface area contributed by atoms with E-state index in [1.54, 1.807) is 6.20 Å². The molecule has 2 aliphatic carbocycles. The molecule has 6 nitrogen and oxygen atoms in total. The van der Waals surface area contributed by atoms with Gasteiger partial charge in [-0.25, -0.2) is 0 Å². The van der Waals surface area contributed by atoms with Gasteiger partial charge in [0, 0.05) is 19.3 Å². The van der Waals surface area contributed by atoms with Crippen molar-refractivity contribution in [3.63, 3.8) is 0 Å². The number of hydrogen-bond acceptors (Lipinski definition) is 4. The van der Waals surface area contributed by atoms with Gasteiger partial charge in [0.25, 0.3) is 0 Å². The van der Waals surface area contributed by atoms with Gasteiger partial charge in [-0.15, -0.1) is 0 Å². The van der Waals surface area contributed by atoms with E-state index in [1.807, 2.05) is 24.7 Å². The molecule has 2 saturated carbocycles. The van der Waals surface area contributed by atoms with Crippen molar-refractivity contribution < 1.29 is 0 Å². The molecule has 0 aliphatic heterocycles. The number of aryl methyl sites for hydroxylation is 1. The Kier molecular flexibility index (Phi) is 7.40. The zero-order valence-electron chi connectivity index (χ0n) is 17.7. The van der Waals surface area contributed by atoms with E-state index in [2.05, 4.69) is 14.9 Å². The lowest BCUT2D eigenvalue weighted by atomic mass is 9.89. The third-order valence-corrected chi connectivity index (χ3v) is 6.45. The predicted molar refractivity (Wildman–Crippen MR) is 116 cm³/mol. The molecule has 0 unspecified atom stereocenters. The Labute approximate surface area is 169 Å². The SMILES string of the molecule is Cc1c(N)cnn1CC1CCCCC1.Cc1nn(CC2CCCCC2)cc1N. The van der Waals surface area contributed by atoms with Gasteiger partial charge in [-0.05, 0) is 51.4 Å². The minimum atomic E-state index is 0.820. The molecule has 2 aromatic rings. The molecule has 2 fully saturated rings. The molecule has 0 aromatic carbocycles. The van der Waals surface area contributed by atoms with Crippen LogP contribution in [0.25, 0.3) is 0 Å². The quantitative estimate of drug-likeness (QED) is 0.796. The molecule has 28 heavy (non-hydrogen) atoms. The van der Waals surface area contributed by atoms with E-state index in [9.17, 15) is 0 Å². The molecule has 4 rings (SSSR count). The highest BCUT2D eigenvalue weighted by Crippen LogP contribution is 2.26. The monoisotopic (exact) mass is 386 g/mol. The van der Waals surface area contributed by atoms with E-state index in [1.165, 1.54) is 64.2 Å². The standard InChI is InChI=1S/2C11H19N3/c1-9-11(12)7-13-14(9)8-10-5-3-2-4-6-10;1-9-11(12)8-14(13-9)7-10-5-3-2-4-6-10/h7,10H,2-6,8,12H2,1H3;8,10H,2-7,12H2,1H3. The molecular formula is C22H38N6. The van der Waals surface area contributed by atoms with Crippen LogP contribution < -0.4 is 11.5 Å². The molecule has 4 N–H and O–H groups in total. The van der Waals surface area contributed by atoms with Crippen molar-refractivity contribution in [3.8, 4) is 0 Å². The van der Waals surface area contributed by atoms with E-state index in [4.69, 9.17) is 11.5 Å². The Morgan fingerprint density at radius 2 is 1.43 bits per heavy atom. The van der Waals surface area contributed by atoms with Gasteiger partial charge in [0.2, 0.25) is 0 Å². The van der Waals surface area contributed by atoms with Crippen molar-refractivity contribution in [2.24, 2.45) is 11.8 Å². The lowest BCUT2D eigenvalue weighted by molar-refractivity contribution is 0.306. The maximum absolute atomic E-state index is 5.76. The van der Waals surface area contributed by atoms with E-state index < -0.39 is 0 Å². The summed E-state index contributed by atoms with van der Waals surface area (Å²) in [6, 6.07) is 0. The Balaban J connectivity index is 0.000000161. The molecular weight excluding hydrogens is 348 g/mol. The molecule has 6 heteroatoms. The fourth-order valence-electron chi connectivity index (χ4n) is 4.52. The van der Waals surface area contributed by atoms with Crippen molar-refractivity contribution in [1.82, 2.24) is 19.6 Å². The molecule has 2 heterocycles. The molecule has 2 aromatic heterocycles. The van der Waals surface area contributed by atoms with Crippen LogP contribution in [0.15, 0.2) is 12.4 Å². The molecule has 0 amide bonds. The van der Waals surface area contributed by atoms with Crippen LogP contribution in [0, 0.1) is 25.7 Å². The van der Waals surface area contributed by atoms with Crippen LogP contribution in [0.1, 0.15) is 75.6 Å². The van der Waals surface area contributed by atoms with Crippen LogP contribution in [0.2, 0.25) is 0 Å². The van der Waals surface area contributed by atoms with Crippen molar-refractivity contribution in [3.05, 3.63) is 23.8 Å². The van der Waals surface area contributed by atoms with E-state index in [-0.39, 0.29) is 0 Å². The second kappa shape index (κ2) is 9.99. The topological polar surface area (TPSA) is 87.7 Å². The van der Waals surface area contributed by atoms with E-state index in [0.717, 1.165) is 47.7 Å². The highest BCUT2D eigenvalue weighted by molar-refractivity contribution is 5.40. The van der Waals surface area contributed by atoms with Crippen LogP contribution >= 0.6 is 0 Å². The highest BCUT2D eigenvalue weighted by atomic mass is 15.3. The summed E-state index contributed by atoms with van der Waals surface area (Å²) >= 11 is 0. The Bertz CT molecular complexity index is 700. The van der Waals surface area contributed by atoms with Gasteiger partial charge in [0.15, 0.2) is 0 Å². The zero-order chi connectivity index (χ0) is 19.9. The fourth-order valence-corrected chi connectivity index (χ4v) is 4.52. The summed E-state index contributed by atoms with van der Waals surface area (Å²) in [7, 11) is 0. The average Bonchev–Trinajstić information content (AvgIpc) is 3.19. The van der Waals surface area contributed by atoms with Gasteiger partial charge < -0.3 is 11.5 Å². The van der Waals surface area contributed by atoms with Crippen LogP contribution in [0.3, 0.4) is 0 Å². The summed E-state index contributed by atoms with van der Waals surface area (Å²) in [6.45, 7) is 6.12. The predicted octanol–water partition coefficient (Wildman–Crippen LogP) is 4.71. The van der Waals surface area contributed by atoms with E-state index >= 15 is 0 Å². The normalized spacial score (nSPS) is 18.6. The zero-order valence-corrected chi connectivity index (χ0v) is 17.7. The maximum atomic E-state index is 5.76. The lowest BCUT2D eigenvalue weighted by Gasteiger charge is -2.21. The van der Waals surface area contributed by atoms with Gasteiger partial charge in [0.05, 0.1) is 29.0 Å². The second-order valence-electron chi connectivity index (χ2n) is 8.77. The largest absolute Gasteiger partial charge is 0.396 e. The molecule has 156 valence electrons. The number of rotatable bonds is 4. The number of anilines is 2. The van der Waals surface area contributed by atoms with Crippen molar-refractivity contribution >= 4 is 11.4 Å². The maximum Gasteiger partial charge on any atom is 0.0822 e. The van der Waals surface area contributed by atoms with Crippen LogP contribution in [0.5, 0.6) is 0 Å². The molecule has 0 saturated heterocycles. The number of hydrogen-bond donors (Lipinski definition) is 2. The first-order valence-corrected chi connectivity index (χ1v) is 11.1. The highest BCUT2D eigenvalue weighted by Gasteiger charge is 2.16. The lowest BCUT2D eigenvalue weighted by Crippen LogP contribution is -2.16. The Hall–Kier alpha value is -1.98. The molecule has 0 atom stereocenters. The molecule has 2 aliphatic rings. The van der Waals surface area contributed by atoms with Gasteiger partial charge >= 0.3 is 0 Å². The molecule has 0 radical (unpaired) electrons. The summed E-state index contributed by atoms with van der Waals surface area (Å²) in [5.41, 5.74) is 15.2. The van der Waals surface area contributed by atoms with Gasteiger partial charge in [-0.3, -0.25) is 9.36 Å². The molecule has 0 bridgehead atoms. The van der Waals surface area contributed by atoms with E-state index in [0.29, 0.717) is 0 Å². The second-order valence-corrected chi connectivity index (χ2v) is 8.77. The fraction of sp³-hybridized carbons (Fsp3) is 0.727. The smallest absolute Gasteiger partial charge is 0.0822 e. The molecule has 0 spiro atoms. The first-order valence-electron chi connectivity index (χ1n) is 11.1. The Morgan fingerprint density at radius 3 is 1.89 bits per heavy atom. The van der Waals surface area contributed by atoms with Crippen molar-refractivity contribution in [2.75, 3.05) is 11.5 Å². The number of aromatic nitrogens is 4. The van der Waals surface area contributed by atoms with Crippen molar-refractivity contribution in [2.45, 2.75) is 91.1 Å². The summed E-state index contributed by atoms with van der Waals surface area (Å²) in [5.74, 6) is 1.64. The minimum absolute atomic E-state index is 0.820. The first kappa shape index (κ1) is 20.7. The van der Waals surface area contributed by atoms with Crippen LogP contribution in [0.4, 0.5) is 11.4 Å². The summed E-state index contributed by atoms with van der Waals surface area (Å²) < 4.78 is 4.08. The minimum Gasteiger partial charge on any atom is -0.396 e.